The summed E-state index contributed by atoms with van der Waals surface area (Å²) in [7, 11) is -1.11. The second-order valence-electron chi connectivity index (χ2n) is 9.61. The molecule has 3 atom stereocenters. The van der Waals surface area contributed by atoms with Crippen LogP contribution < -0.4 is 10.2 Å². The molecule has 4 heterocycles. The van der Waals surface area contributed by atoms with Crippen LogP contribution in [-0.2, 0) is 11.5 Å². The minimum absolute atomic E-state index is 0.0255. The number of carbonyl (C=O) groups is 1. The molecule has 0 unspecified atom stereocenters. The molecule has 0 radical (unpaired) electrons. The molecular weight excluding hydrogens is 513 g/mol. The minimum atomic E-state index is -1.11. The summed E-state index contributed by atoms with van der Waals surface area (Å²) in [5.41, 5.74) is 1.76. The van der Waals surface area contributed by atoms with Crippen LogP contribution in [0.2, 0.25) is 25.7 Å². The summed E-state index contributed by atoms with van der Waals surface area (Å²) in [6.45, 7) is 8.32. The molecule has 0 aromatic carbocycles. The van der Waals surface area contributed by atoms with Crippen LogP contribution in [0.3, 0.4) is 0 Å². The van der Waals surface area contributed by atoms with Gasteiger partial charge in [0.1, 0.15) is 18.1 Å². The normalized spacial score (nSPS) is 23.9. The molecule has 2 saturated heterocycles. The first-order chi connectivity index (χ1) is 14.2. The Morgan fingerprint density at radius 2 is 2.03 bits per heavy atom. The van der Waals surface area contributed by atoms with Crippen molar-refractivity contribution < 1.29 is 14.6 Å². The lowest BCUT2D eigenvalue weighted by molar-refractivity contribution is 0.0898. The van der Waals surface area contributed by atoms with Crippen LogP contribution in [0.4, 0.5) is 10.6 Å². The second-order valence-corrected chi connectivity index (χ2v) is 16.4. The molecule has 8 nitrogen and oxygen atoms in total. The lowest BCUT2D eigenvalue weighted by Crippen LogP contribution is -2.50. The van der Waals surface area contributed by atoms with Crippen molar-refractivity contribution >= 4 is 53.7 Å². The fourth-order valence-electron chi connectivity index (χ4n) is 4.61. The van der Waals surface area contributed by atoms with E-state index in [1.54, 1.807) is 0 Å². The minimum Gasteiger partial charge on any atom is -0.465 e. The van der Waals surface area contributed by atoms with Crippen molar-refractivity contribution in [2.75, 3.05) is 11.5 Å². The number of carboxylic acid groups (broad SMARTS) is 1. The Bertz CT molecular complexity index is 917. The van der Waals surface area contributed by atoms with Gasteiger partial charge in [-0.2, -0.15) is 0 Å². The molecule has 164 valence electrons. The number of piperidine rings is 1. The maximum absolute atomic E-state index is 11.0. The van der Waals surface area contributed by atoms with Gasteiger partial charge in [0.25, 0.3) is 0 Å². The zero-order valence-corrected chi connectivity index (χ0v) is 20.9. The third-order valence-electron chi connectivity index (χ3n) is 6.06. The van der Waals surface area contributed by atoms with Crippen molar-refractivity contribution in [1.29, 1.82) is 0 Å². The van der Waals surface area contributed by atoms with Crippen LogP contribution in [0.15, 0.2) is 12.4 Å². The lowest BCUT2D eigenvalue weighted by atomic mass is 9.97. The average molecular weight is 543 g/mol. The molecule has 1 amide bonds. The van der Waals surface area contributed by atoms with Crippen molar-refractivity contribution in [2.24, 2.45) is 0 Å². The van der Waals surface area contributed by atoms with E-state index in [0.717, 1.165) is 58.9 Å². The van der Waals surface area contributed by atoms with Gasteiger partial charge in [0.05, 0.1) is 9.77 Å². The summed E-state index contributed by atoms with van der Waals surface area (Å²) < 4.78 is 9.08. The van der Waals surface area contributed by atoms with E-state index >= 15 is 0 Å². The first-order valence-corrected chi connectivity index (χ1v) is 15.4. The SMILES string of the molecule is C[Si](C)(C)CCOCn1cc(I)c2ncc(N3[C@@H]4CC[C@H]3C[C@@H](NC(=O)O)C4)nc21. The van der Waals surface area contributed by atoms with Crippen LogP contribution in [0.25, 0.3) is 11.2 Å². The van der Waals surface area contributed by atoms with Gasteiger partial charge >= 0.3 is 6.09 Å². The summed E-state index contributed by atoms with van der Waals surface area (Å²) in [5.74, 6) is 0.890. The number of anilines is 1. The van der Waals surface area contributed by atoms with Crippen LogP contribution in [0, 0.1) is 3.57 Å². The highest BCUT2D eigenvalue weighted by atomic mass is 127. The monoisotopic (exact) mass is 543 g/mol. The van der Waals surface area contributed by atoms with Gasteiger partial charge in [-0.05, 0) is 54.3 Å². The van der Waals surface area contributed by atoms with Crippen molar-refractivity contribution in [3.8, 4) is 0 Å². The summed E-state index contributed by atoms with van der Waals surface area (Å²) >= 11 is 2.30. The van der Waals surface area contributed by atoms with Gasteiger partial charge in [0, 0.05) is 39.0 Å². The highest BCUT2D eigenvalue weighted by Gasteiger charge is 2.42. The Morgan fingerprint density at radius 1 is 1.33 bits per heavy atom. The summed E-state index contributed by atoms with van der Waals surface area (Å²) in [6.07, 6.45) is 6.77. The number of hydrogen-bond acceptors (Lipinski definition) is 5. The first-order valence-electron chi connectivity index (χ1n) is 10.6. The summed E-state index contributed by atoms with van der Waals surface area (Å²) in [4.78, 5) is 23.1. The molecule has 4 rings (SSSR count). The zero-order chi connectivity index (χ0) is 21.5. The topological polar surface area (TPSA) is 92.5 Å². The van der Waals surface area contributed by atoms with Gasteiger partial charge in [-0.3, -0.25) is 0 Å². The molecule has 2 aromatic rings. The number of hydrogen-bond donors (Lipinski definition) is 2. The van der Waals surface area contributed by atoms with Crippen LogP contribution in [0.5, 0.6) is 0 Å². The standard InChI is InChI=1S/C20H30IN5O3Si/c1-30(2,3)7-6-29-12-25-11-16(21)18-19(25)24-17(10-22-18)26-14-4-5-15(26)9-13(8-14)23-20(27)28/h10-11,13-15,23H,4-9,12H2,1-3H3,(H,27,28)/t13-,14+,15-. The quantitative estimate of drug-likeness (QED) is 0.310. The fraction of sp³-hybridized carbons (Fsp3) is 0.650. The van der Waals surface area contributed by atoms with Crippen LogP contribution >= 0.6 is 22.6 Å². The number of amides is 1. The van der Waals surface area contributed by atoms with Gasteiger partial charge in [0.15, 0.2) is 5.65 Å². The van der Waals surface area contributed by atoms with E-state index in [9.17, 15) is 4.79 Å². The van der Waals surface area contributed by atoms with E-state index in [-0.39, 0.29) is 6.04 Å². The Balaban J connectivity index is 1.51. The number of fused-ring (bicyclic) bond motifs is 3. The van der Waals surface area contributed by atoms with E-state index in [2.05, 4.69) is 63.2 Å². The fourth-order valence-corrected chi connectivity index (χ4v) is 6.08. The number of nitrogens with one attached hydrogen (secondary N) is 1. The zero-order valence-electron chi connectivity index (χ0n) is 17.8. The predicted molar refractivity (Wildman–Crippen MR) is 128 cm³/mol. The van der Waals surface area contributed by atoms with Gasteiger partial charge < -0.3 is 24.6 Å². The van der Waals surface area contributed by atoms with Gasteiger partial charge in [-0.15, -0.1) is 0 Å². The molecule has 2 aromatic heterocycles. The molecule has 10 heteroatoms. The van der Waals surface area contributed by atoms with Crippen molar-refractivity contribution in [1.82, 2.24) is 19.9 Å². The third kappa shape index (κ3) is 4.75. The largest absolute Gasteiger partial charge is 0.465 e. The molecule has 0 saturated carbocycles. The number of nitrogens with zero attached hydrogens (tertiary/aromatic N) is 4. The molecule has 0 aliphatic carbocycles. The number of halogens is 1. The van der Waals surface area contributed by atoms with Crippen molar-refractivity contribution in [3.63, 3.8) is 0 Å². The highest BCUT2D eigenvalue weighted by molar-refractivity contribution is 14.1. The van der Waals surface area contributed by atoms with Crippen molar-refractivity contribution in [2.45, 2.75) is 76.2 Å². The van der Waals surface area contributed by atoms with E-state index in [1.807, 2.05) is 6.20 Å². The molecule has 0 spiro atoms. The Labute approximate surface area is 191 Å². The number of aromatic nitrogens is 3. The Morgan fingerprint density at radius 3 is 2.67 bits per heavy atom. The molecule has 2 bridgehead atoms. The molecule has 2 aliphatic heterocycles. The van der Waals surface area contributed by atoms with Crippen molar-refractivity contribution in [3.05, 3.63) is 16.0 Å². The first kappa shape index (κ1) is 21.8. The molecule has 2 aliphatic rings. The smallest absolute Gasteiger partial charge is 0.404 e. The maximum atomic E-state index is 11.0. The van der Waals surface area contributed by atoms with Crippen LogP contribution in [-0.4, -0.2) is 58.5 Å². The highest BCUT2D eigenvalue weighted by Crippen LogP contribution is 2.39. The van der Waals surface area contributed by atoms with E-state index in [1.165, 1.54) is 0 Å². The number of ether oxygens (including phenoxy) is 1. The Kier molecular flexibility index (Phi) is 6.27. The average Bonchev–Trinajstić information content (AvgIpc) is 3.11. The van der Waals surface area contributed by atoms with Gasteiger partial charge in [-0.1, -0.05) is 19.6 Å². The molecule has 30 heavy (non-hydrogen) atoms. The van der Waals surface area contributed by atoms with E-state index in [0.29, 0.717) is 18.8 Å². The predicted octanol–water partition coefficient (Wildman–Crippen LogP) is 4.12. The summed E-state index contributed by atoms with van der Waals surface area (Å²) in [6, 6.07) is 1.78. The third-order valence-corrected chi connectivity index (χ3v) is 8.55. The maximum Gasteiger partial charge on any atom is 0.404 e. The van der Waals surface area contributed by atoms with Crippen LogP contribution in [0.1, 0.15) is 25.7 Å². The van der Waals surface area contributed by atoms with Gasteiger partial charge in [0.2, 0.25) is 0 Å². The summed E-state index contributed by atoms with van der Waals surface area (Å²) in [5, 5.41) is 11.7. The second kappa shape index (κ2) is 8.62. The molecular formula is C20H30IN5O3Si. The lowest BCUT2D eigenvalue weighted by Gasteiger charge is -2.39. The van der Waals surface area contributed by atoms with E-state index < -0.39 is 14.2 Å². The molecule has 2 fully saturated rings. The van der Waals surface area contributed by atoms with Gasteiger partial charge in [-0.25, -0.2) is 14.8 Å². The molecule has 2 N–H and O–H groups in total. The Hall–Kier alpha value is -1.40. The van der Waals surface area contributed by atoms with E-state index in [4.69, 9.17) is 19.8 Å². The number of rotatable bonds is 7.